The highest BCUT2D eigenvalue weighted by Gasteiger charge is 2.12. The van der Waals surface area contributed by atoms with Gasteiger partial charge in [0.2, 0.25) is 0 Å². The van der Waals surface area contributed by atoms with Crippen LogP contribution in [0.2, 0.25) is 0 Å². The Balaban J connectivity index is 2.93. The quantitative estimate of drug-likeness (QED) is 0.800. The normalized spacial score (nSPS) is 14.6. The Bertz CT molecular complexity index is 325. The predicted molar refractivity (Wildman–Crippen MR) is 68.6 cm³/mol. The van der Waals surface area contributed by atoms with Gasteiger partial charge >= 0.3 is 0 Å². The van der Waals surface area contributed by atoms with Crippen LogP contribution in [0.15, 0.2) is 24.3 Å². The molecule has 0 fully saturated rings. The van der Waals surface area contributed by atoms with Crippen molar-refractivity contribution in [1.82, 2.24) is 0 Å². The van der Waals surface area contributed by atoms with Gasteiger partial charge in [-0.3, -0.25) is 0 Å². The zero-order chi connectivity index (χ0) is 12.1. The first-order chi connectivity index (χ1) is 7.56. The summed E-state index contributed by atoms with van der Waals surface area (Å²) in [4.78, 5) is 2.05. The van der Waals surface area contributed by atoms with E-state index in [-0.39, 0.29) is 12.1 Å². The highest BCUT2D eigenvalue weighted by molar-refractivity contribution is 5.54. The molecule has 0 aliphatic rings. The molecule has 0 aliphatic heterocycles. The number of rotatable bonds is 5. The zero-order valence-corrected chi connectivity index (χ0v) is 10.4. The van der Waals surface area contributed by atoms with Crippen LogP contribution in [0.4, 0.5) is 5.69 Å². The van der Waals surface area contributed by atoms with Crippen molar-refractivity contribution in [1.29, 1.82) is 0 Å². The van der Waals surface area contributed by atoms with E-state index in [1.54, 1.807) is 6.92 Å². The smallest absolute Gasteiger partial charge is 0.0686 e. The topological polar surface area (TPSA) is 49.5 Å². The second-order valence-corrected chi connectivity index (χ2v) is 4.30. The number of aliphatic hydroxyl groups is 1. The van der Waals surface area contributed by atoms with Gasteiger partial charge in [-0.1, -0.05) is 25.1 Å². The van der Waals surface area contributed by atoms with Crippen LogP contribution in [0, 0.1) is 0 Å². The summed E-state index contributed by atoms with van der Waals surface area (Å²) in [6, 6.07) is 8.17. The van der Waals surface area contributed by atoms with E-state index >= 15 is 0 Å². The summed E-state index contributed by atoms with van der Waals surface area (Å²) in [5.41, 5.74) is 8.33. The minimum absolute atomic E-state index is 0.0626. The van der Waals surface area contributed by atoms with Gasteiger partial charge in [-0.25, -0.2) is 0 Å². The average molecular weight is 222 g/mol. The predicted octanol–water partition coefficient (Wildman–Crippen LogP) is 1.91. The Morgan fingerprint density at radius 1 is 1.38 bits per heavy atom. The summed E-state index contributed by atoms with van der Waals surface area (Å²) in [5, 5.41) is 9.40. The Hall–Kier alpha value is -1.06. The van der Waals surface area contributed by atoms with Crippen molar-refractivity contribution >= 4 is 5.69 Å². The van der Waals surface area contributed by atoms with Crippen molar-refractivity contribution in [2.24, 2.45) is 5.73 Å². The zero-order valence-electron chi connectivity index (χ0n) is 10.4. The van der Waals surface area contributed by atoms with Crippen molar-refractivity contribution in [3.05, 3.63) is 29.8 Å². The Kier molecular flexibility index (Phi) is 4.77. The number of hydrogen-bond donors (Lipinski definition) is 2. The van der Waals surface area contributed by atoms with Crippen LogP contribution >= 0.6 is 0 Å². The molecule has 1 rings (SSSR count). The third kappa shape index (κ3) is 3.22. The molecule has 0 saturated carbocycles. The second kappa shape index (κ2) is 5.87. The van der Waals surface area contributed by atoms with Gasteiger partial charge in [-0.05, 0) is 25.0 Å². The standard InChI is InChI=1S/C13H22N2O/c1-4-12(14)11-7-5-6-8-13(11)15(3)9-10(2)16/h5-8,10,12,16H,4,9,14H2,1-3H3/t10?,12-/m0/s1. The lowest BCUT2D eigenvalue weighted by atomic mass is 10.0. The molecule has 16 heavy (non-hydrogen) atoms. The Morgan fingerprint density at radius 2 is 2.00 bits per heavy atom. The number of anilines is 1. The molecule has 1 aromatic rings. The largest absolute Gasteiger partial charge is 0.392 e. The first kappa shape index (κ1) is 13.0. The number of nitrogens with two attached hydrogens (primary N) is 1. The van der Waals surface area contributed by atoms with E-state index in [4.69, 9.17) is 5.73 Å². The lowest BCUT2D eigenvalue weighted by Gasteiger charge is -2.25. The Labute approximate surface area is 97.9 Å². The summed E-state index contributed by atoms with van der Waals surface area (Å²) in [6.45, 7) is 4.49. The first-order valence-corrected chi connectivity index (χ1v) is 5.80. The molecule has 0 saturated heterocycles. The van der Waals surface area contributed by atoms with Crippen LogP contribution in [0.3, 0.4) is 0 Å². The minimum atomic E-state index is -0.337. The molecule has 0 amide bonds. The monoisotopic (exact) mass is 222 g/mol. The summed E-state index contributed by atoms with van der Waals surface area (Å²) in [5.74, 6) is 0. The van der Waals surface area contributed by atoms with Crippen molar-refractivity contribution in [3.8, 4) is 0 Å². The number of aliphatic hydroxyl groups excluding tert-OH is 1. The fraction of sp³-hybridized carbons (Fsp3) is 0.538. The number of nitrogens with zero attached hydrogens (tertiary/aromatic N) is 1. The molecular weight excluding hydrogens is 200 g/mol. The maximum absolute atomic E-state index is 9.40. The van der Waals surface area contributed by atoms with E-state index < -0.39 is 0 Å². The van der Waals surface area contributed by atoms with Crippen molar-refractivity contribution in [3.63, 3.8) is 0 Å². The van der Waals surface area contributed by atoms with Gasteiger partial charge in [0, 0.05) is 25.3 Å². The Morgan fingerprint density at radius 3 is 2.56 bits per heavy atom. The van der Waals surface area contributed by atoms with E-state index in [9.17, 15) is 5.11 Å². The van der Waals surface area contributed by atoms with E-state index in [2.05, 4.69) is 17.9 Å². The lowest BCUT2D eigenvalue weighted by molar-refractivity contribution is 0.201. The highest BCUT2D eigenvalue weighted by Crippen LogP contribution is 2.25. The molecule has 1 aromatic carbocycles. The lowest BCUT2D eigenvalue weighted by Crippen LogP contribution is -2.28. The maximum atomic E-state index is 9.40. The van der Waals surface area contributed by atoms with Crippen LogP contribution in [-0.2, 0) is 0 Å². The molecular formula is C13H22N2O. The summed E-state index contributed by atoms with van der Waals surface area (Å²) < 4.78 is 0. The number of para-hydroxylation sites is 1. The fourth-order valence-electron chi connectivity index (χ4n) is 1.86. The SMILES string of the molecule is CC[C@H](N)c1ccccc1N(C)CC(C)O. The van der Waals surface area contributed by atoms with E-state index in [0.29, 0.717) is 6.54 Å². The van der Waals surface area contributed by atoms with E-state index in [1.165, 1.54) is 0 Å². The molecule has 3 heteroatoms. The summed E-state index contributed by atoms with van der Waals surface area (Å²) in [7, 11) is 1.98. The molecule has 0 spiro atoms. The average Bonchev–Trinajstić information content (AvgIpc) is 2.27. The van der Waals surface area contributed by atoms with Crippen LogP contribution in [0.25, 0.3) is 0 Å². The van der Waals surface area contributed by atoms with Gasteiger partial charge in [0.15, 0.2) is 0 Å². The second-order valence-electron chi connectivity index (χ2n) is 4.30. The van der Waals surface area contributed by atoms with Crippen LogP contribution in [0.1, 0.15) is 31.9 Å². The van der Waals surface area contributed by atoms with Crippen LogP contribution in [-0.4, -0.2) is 24.8 Å². The molecule has 0 bridgehead atoms. The summed E-state index contributed by atoms with van der Waals surface area (Å²) >= 11 is 0. The highest BCUT2D eigenvalue weighted by atomic mass is 16.3. The fourth-order valence-corrected chi connectivity index (χ4v) is 1.86. The van der Waals surface area contributed by atoms with Crippen LogP contribution in [0.5, 0.6) is 0 Å². The van der Waals surface area contributed by atoms with E-state index in [1.807, 2.05) is 25.2 Å². The third-order valence-electron chi connectivity index (χ3n) is 2.73. The molecule has 0 radical (unpaired) electrons. The first-order valence-electron chi connectivity index (χ1n) is 5.80. The molecule has 0 heterocycles. The summed E-state index contributed by atoms with van der Waals surface area (Å²) in [6.07, 6.45) is 0.579. The van der Waals surface area contributed by atoms with Gasteiger partial charge < -0.3 is 15.7 Å². The molecule has 2 atom stereocenters. The number of likely N-dealkylation sites (N-methyl/N-ethyl adjacent to an activating group) is 1. The molecule has 0 aromatic heterocycles. The van der Waals surface area contributed by atoms with Gasteiger partial charge in [0.05, 0.1) is 6.10 Å². The molecule has 3 nitrogen and oxygen atoms in total. The molecule has 0 aliphatic carbocycles. The van der Waals surface area contributed by atoms with Gasteiger partial charge in [-0.2, -0.15) is 0 Å². The maximum Gasteiger partial charge on any atom is 0.0686 e. The van der Waals surface area contributed by atoms with Crippen molar-refractivity contribution in [2.75, 3.05) is 18.5 Å². The van der Waals surface area contributed by atoms with Crippen molar-refractivity contribution in [2.45, 2.75) is 32.4 Å². The number of hydrogen-bond acceptors (Lipinski definition) is 3. The number of benzene rings is 1. The molecule has 90 valence electrons. The van der Waals surface area contributed by atoms with E-state index in [0.717, 1.165) is 17.7 Å². The van der Waals surface area contributed by atoms with Gasteiger partial charge in [0.25, 0.3) is 0 Å². The van der Waals surface area contributed by atoms with Gasteiger partial charge in [-0.15, -0.1) is 0 Å². The molecule has 3 N–H and O–H groups in total. The van der Waals surface area contributed by atoms with Crippen molar-refractivity contribution < 1.29 is 5.11 Å². The van der Waals surface area contributed by atoms with Gasteiger partial charge in [0.1, 0.15) is 0 Å². The minimum Gasteiger partial charge on any atom is -0.392 e. The van der Waals surface area contributed by atoms with Crippen LogP contribution < -0.4 is 10.6 Å². The molecule has 1 unspecified atom stereocenters. The third-order valence-corrected chi connectivity index (χ3v) is 2.73.